The van der Waals surface area contributed by atoms with Crippen molar-refractivity contribution in [2.45, 2.75) is 64.8 Å². The van der Waals surface area contributed by atoms with E-state index in [1.807, 2.05) is 37.3 Å². The van der Waals surface area contributed by atoms with Gasteiger partial charge in [-0.2, -0.15) is 0 Å². The van der Waals surface area contributed by atoms with Gasteiger partial charge in [0.2, 0.25) is 5.91 Å². The van der Waals surface area contributed by atoms with Crippen molar-refractivity contribution in [1.29, 1.82) is 0 Å². The average molecular weight is 645 g/mol. The Morgan fingerprint density at radius 2 is 1.90 bits per heavy atom. The highest BCUT2D eigenvalue weighted by Crippen LogP contribution is 2.25. The lowest BCUT2D eigenvalue weighted by Crippen LogP contribution is -2.61. The Morgan fingerprint density at radius 3 is 2.57 bits per heavy atom. The molecule has 12 heteroatoms. The van der Waals surface area contributed by atoms with Gasteiger partial charge >= 0.3 is 5.97 Å². The van der Waals surface area contributed by atoms with Gasteiger partial charge in [-0.05, 0) is 58.7 Å². The second kappa shape index (κ2) is 13.3. The van der Waals surface area contributed by atoms with Crippen LogP contribution in [0.5, 0.6) is 0 Å². The number of hydrazine groups is 1. The molecule has 2 fully saturated rings. The summed E-state index contributed by atoms with van der Waals surface area (Å²) in [6, 6.07) is 7.77. The van der Waals surface area contributed by atoms with Crippen LogP contribution < -0.4 is 16.1 Å². The summed E-state index contributed by atoms with van der Waals surface area (Å²) in [5.41, 5.74) is 3.57. The molecule has 0 bridgehead atoms. The highest BCUT2D eigenvalue weighted by molar-refractivity contribution is 9.10. The summed E-state index contributed by atoms with van der Waals surface area (Å²) in [4.78, 5) is 56.8. The summed E-state index contributed by atoms with van der Waals surface area (Å²) in [5, 5.41) is 8.03. The Morgan fingerprint density at radius 1 is 1.19 bits per heavy atom. The van der Waals surface area contributed by atoms with E-state index in [9.17, 15) is 19.2 Å². The van der Waals surface area contributed by atoms with Gasteiger partial charge in [-0.25, -0.2) is 5.43 Å². The van der Waals surface area contributed by atoms with Gasteiger partial charge in [0, 0.05) is 16.4 Å². The van der Waals surface area contributed by atoms with Crippen LogP contribution in [0.2, 0.25) is 0 Å². The van der Waals surface area contributed by atoms with Crippen LogP contribution in [-0.2, 0) is 28.7 Å². The first-order valence-electron chi connectivity index (χ1n) is 14.1. The first-order valence-corrected chi connectivity index (χ1v) is 14.9. The average Bonchev–Trinajstić information content (AvgIpc) is 2.94. The number of rotatable bonds is 10. The number of aromatic nitrogens is 1. The van der Waals surface area contributed by atoms with Gasteiger partial charge in [0.25, 0.3) is 11.8 Å². The van der Waals surface area contributed by atoms with Crippen molar-refractivity contribution < 1.29 is 28.7 Å². The van der Waals surface area contributed by atoms with Crippen LogP contribution in [0.15, 0.2) is 47.5 Å². The minimum absolute atomic E-state index is 0.255. The number of benzene rings is 1. The van der Waals surface area contributed by atoms with Crippen molar-refractivity contribution >= 4 is 50.5 Å². The molecule has 2 saturated heterocycles. The number of esters is 1. The number of nitrogens with zero attached hydrogens (tertiary/aromatic N) is 2. The predicted octanol–water partition coefficient (Wildman–Crippen LogP) is 2.95. The van der Waals surface area contributed by atoms with Crippen molar-refractivity contribution in [1.82, 2.24) is 26.1 Å². The van der Waals surface area contributed by atoms with Crippen molar-refractivity contribution in [2.24, 2.45) is 11.3 Å². The zero-order chi connectivity index (χ0) is 30.6. The number of amides is 3. The highest BCUT2D eigenvalue weighted by Gasteiger charge is 2.41. The Balaban J connectivity index is 1.34. The van der Waals surface area contributed by atoms with E-state index in [0.29, 0.717) is 19.4 Å². The second-order valence-corrected chi connectivity index (χ2v) is 12.3. The molecule has 0 saturated carbocycles. The molecule has 0 aliphatic carbocycles. The SMILES string of the molecule is C=CC(C)(C)C(=O)OC(C(=O)N[C@@H](C)C(=O)N1CCC[C@@H](C(=O)N[C@H](C)c2ccc3ccc(Br)cc3n2)N1)C1COC1. The number of nitrogens with one attached hydrogen (secondary N) is 3. The van der Waals surface area contributed by atoms with Gasteiger partial charge in [0.15, 0.2) is 6.10 Å². The van der Waals surface area contributed by atoms with Crippen LogP contribution in [0.3, 0.4) is 0 Å². The lowest BCUT2D eigenvalue weighted by molar-refractivity contribution is -0.177. The monoisotopic (exact) mass is 643 g/mol. The fourth-order valence-corrected chi connectivity index (χ4v) is 4.95. The lowest BCUT2D eigenvalue weighted by Gasteiger charge is -2.36. The van der Waals surface area contributed by atoms with Crippen LogP contribution in [0.25, 0.3) is 10.9 Å². The van der Waals surface area contributed by atoms with E-state index < -0.39 is 41.4 Å². The largest absolute Gasteiger partial charge is 0.451 e. The summed E-state index contributed by atoms with van der Waals surface area (Å²) < 4.78 is 11.7. The molecule has 2 aliphatic rings. The third kappa shape index (κ3) is 7.34. The zero-order valence-corrected chi connectivity index (χ0v) is 25.9. The third-order valence-corrected chi connectivity index (χ3v) is 8.09. The number of halogens is 1. The predicted molar refractivity (Wildman–Crippen MR) is 160 cm³/mol. The number of carbonyl (C=O) groups is 4. The molecule has 11 nitrogen and oxygen atoms in total. The molecule has 0 radical (unpaired) electrons. The minimum atomic E-state index is -1.10. The molecule has 4 atom stereocenters. The van der Waals surface area contributed by atoms with Gasteiger partial charge in [-0.3, -0.25) is 29.2 Å². The van der Waals surface area contributed by atoms with E-state index in [0.717, 1.165) is 21.1 Å². The minimum Gasteiger partial charge on any atom is -0.451 e. The van der Waals surface area contributed by atoms with Crippen LogP contribution in [0, 0.1) is 11.3 Å². The fourth-order valence-electron chi connectivity index (χ4n) is 4.60. The number of hydrogen-bond donors (Lipinski definition) is 3. The maximum absolute atomic E-state index is 13.3. The molecular formula is C30H38BrN5O6. The van der Waals surface area contributed by atoms with Gasteiger partial charge < -0.3 is 20.1 Å². The lowest BCUT2D eigenvalue weighted by atomic mass is 9.93. The molecule has 2 aromatic rings. The van der Waals surface area contributed by atoms with Crippen LogP contribution in [-0.4, -0.2) is 71.6 Å². The molecule has 3 N–H and O–H groups in total. The van der Waals surface area contributed by atoms with E-state index in [1.165, 1.54) is 11.1 Å². The number of pyridine rings is 1. The third-order valence-electron chi connectivity index (χ3n) is 7.60. The fraction of sp³-hybridized carbons (Fsp3) is 0.500. The van der Waals surface area contributed by atoms with E-state index in [-0.39, 0.29) is 31.1 Å². The molecule has 226 valence electrons. The highest BCUT2D eigenvalue weighted by atomic mass is 79.9. The molecule has 1 aromatic carbocycles. The molecular weight excluding hydrogens is 606 g/mol. The van der Waals surface area contributed by atoms with E-state index in [2.05, 4.69) is 43.6 Å². The summed E-state index contributed by atoms with van der Waals surface area (Å²) >= 11 is 3.46. The first kappa shape index (κ1) is 31.6. The number of ether oxygens (including phenoxy) is 2. The van der Waals surface area contributed by atoms with Crippen molar-refractivity contribution in [3.05, 3.63) is 53.2 Å². The van der Waals surface area contributed by atoms with Gasteiger partial charge in [0.05, 0.1) is 41.8 Å². The standard InChI is InChI=1S/C30H38BrN5O6/c1-6-30(4,5)29(40)42-25(20-15-41-16-20)27(38)33-18(3)28(39)36-13-7-8-23(35-36)26(37)32-17(2)22-12-10-19-9-11-21(31)14-24(19)34-22/h6,9-12,14,17-18,20,23,25,35H,1,7-8,13,15-16H2,2-5H3,(H,32,37)(H,33,38)/t17-,18+,23+,25?/m1/s1. The van der Waals surface area contributed by atoms with Gasteiger partial charge in [0.1, 0.15) is 12.1 Å². The quantitative estimate of drug-likeness (QED) is 0.265. The van der Waals surface area contributed by atoms with Crippen LogP contribution in [0.4, 0.5) is 0 Å². The van der Waals surface area contributed by atoms with Crippen molar-refractivity contribution in [3.8, 4) is 0 Å². The Kier molecular flexibility index (Phi) is 10.0. The summed E-state index contributed by atoms with van der Waals surface area (Å²) in [6.45, 7) is 11.3. The Hall–Kier alpha value is -3.35. The number of hydrogen-bond acceptors (Lipinski definition) is 8. The van der Waals surface area contributed by atoms with E-state index >= 15 is 0 Å². The van der Waals surface area contributed by atoms with E-state index in [1.54, 1.807) is 20.8 Å². The Bertz CT molecular complexity index is 1360. The summed E-state index contributed by atoms with van der Waals surface area (Å²) in [6.07, 6.45) is 1.50. The zero-order valence-electron chi connectivity index (χ0n) is 24.3. The van der Waals surface area contributed by atoms with Crippen LogP contribution >= 0.6 is 15.9 Å². The first-order chi connectivity index (χ1) is 19.9. The van der Waals surface area contributed by atoms with Gasteiger partial charge in [-0.15, -0.1) is 6.58 Å². The summed E-state index contributed by atoms with van der Waals surface area (Å²) in [7, 11) is 0. The molecule has 2 aliphatic heterocycles. The van der Waals surface area contributed by atoms with E-state index in [4.69, 9.17) is 9.47 Å². The molecule has 0 spiro atoms. The maximum Gasteiger partial charge on any atom is 0.316 e. The number of carbonyl (C=O) groups excluding carboxylic acids is 4. The maximum atomic E-state index is 13.3. The molecule has 42 heavy (non-hydrogen) atoms. The second-order valence-electron chi connectivity index (χ2n) is 11.4. The molecule has 1 unspecified atom stereocenters. The smallest absolute Gasteiger partial charge is 0.316 e. The van der Waals surface area contributed by atoms with Gasteiger partial charge in [-0.1, -0.05) is 34.1 Å². The normalized spacial score (nSPS) is 19.6. The Labute approximate surface area is 253 Å². The molecule has 3 amide bonds. The van der Waals surface area contributed by atoms with Crippen molar-refractivity contribution in [3.63, 3.8) is 0 Å². The topological polar surface area (TPSA) is 139 Å². The van der Waals surface area contributed by atoms with Crippen molar-refractivity contribution in [2.75, 3.05) is 19.8 Å². The molecule has 1 aromatic heterocycles. The molecule has 3 heterocycles. The number of fused-ring (bicyclic) bond motifs is 1. The molecule has 4 rings (SSSR count). The van der Waals surface area contributed by atoms with Crippen LogP contribution in [0.1, 0.15) is 52.3 Å². The summed E-state index contributed by atoms with van der Waals surface area (Å²) in [5.74, 6) is -2.13.